The zero-order chi connectivity index (χ0) is 14.3. The third-order valence-corrected chi connectivity index (χ3v) is 2.39. The number of amides is 1. The van der Waals surface area contributed by atoms with Gasteiger partial charge < -0.3 is 10.1 Å². The van der Waals surface area contributed by atoms with E-state index in [1.165, 1.54) is 31.4 Å². The first-order valence-electron chi connectivity index (χ1n) is 5.59. The summed E-state index contributed by atoms with van der Waals surface area (Å²) in [6.45, 7) is 0.207. The molecule has 0 radical (unpaired) electrons. The lowest BCUT2D eigenvalue weighted by Gasteiger charge is -2.04. The Morgan fingerprint density at radius 2 is 1.95 bits per heavy atom. The Morgan fingerprint density at radius 1 is 1.32 bits per heavy atom. The van der Waals surface area contributed by atoms with Crippen molar-refractivity contribution in [2.24, 2.45) is 0 Å². The topological polar surface area (TPSA) is 98.5 Å². The molecule has 1 aromatic rings. The summed E-state index contributed by atoms with van der Waals surface area (Å²) in [4.78, 5) is 32.3. The van der Waals surface area contributed by atoms with Crippen LogP contribution in [0.25, 0.3) is 0 Å². The van der Waals surface area contributed by atoms with Gasteiger partial charge in [-0.1, -0.05) is 12.1 Å². The fourth-order valence-corrected chi connectivity index (χ4v) is 1.39. The van der Waals surface area contributed by atoms with Crippen LogP contribution in [0.2, 0.25) is 0 Å². The van der Waals surface area contributed by atoms with Crippen LogP contribution in [-0.4, -0.2) is 30.5 Å². The van der Waals surface area contributed by atoms with Gasteiger partial charge in [0.25, 0.3) is 5.69 Å². The van der Waals surface area contributed by atoms with Crippen molar-refractivity contribution in [2.45, 2.75) is 12.8 Å². The SMILES string of the molecule is COC(=O)CCNC(=O)Cc1ccc([N+](=O)[O-])cc1. The van der Waals surface area contributed by atoms with Gasteiger partial charge in [-0.15, -0.1) is 0 Å². The van der Waals surface area contributed by atoms with Gasteiger partial charge in [0.15, 0.2) is 0 Å². The summed E-state index contributed by atoms with van der Waals surface area (Å²) < 4.78 is 4.43. The quantitative estimate of drug-likeness (QED) is 0.467. The number of nitro groups is 1. The number of hydrogen-bond acceptors (Lipinski definition) is 5. The molecule has 102 valence electrons. The molecule has 1 aromatic carbocycles. The van der Waals surface area contributed by atoms with Crippen LogP contribution in [0.3, 0.4) is 0 Å². The van der Waals surface area contributed by atoms with Crippen molar-refractivity contribution in [3.8, 4) is 0 Å². The number of non-ortho nitro benzene ring substituents is 1. The van der Waals surface area contributed by atoms with E-state index < -0.39 is 10.9 Å². The molecule has 0 unspecified atom stereocenters. The number of carbonyl (C=O) groups is 2. The third kappa shape index (κ3) is 5.15. The number of ether oxygens (including phenoxy) is 1. The first kappa shape index (κ1) is 14.6. The lowest BCUT2D eigenvalue weighted by Crippen LogP contribution is -2.27. The summed E-state index contributed by atoms with van der Waals surface area (Å²) in [5.74, 6) is -0.645. The van der Waals surface area contributed by atoms with Gasteiger partial charge in [0.05, 0.1) is 24.9 Å². The normalized spacial score (nSPS) is 9.74. The molecule has 0 atom stereocenters. The van der Waals surface area contributed by atoms with E-state index in [0.717, 1.165) is 0 Å². The Bertz CT molecular complexity index is 470. The molecule has 0 saturated heterocycles. The molecule has 0 aliphatic carbocycles. The lowest BCUT2D eigenvalue weighted by molar-refractivity contribution is -0.384. The van der Waals surface area contributed by atoms with Crippen molar-refractivity contribution in [1.29, 1.82) is 0 Å². The summed E-state index contributed by atoms with van der Waals surface area (Å²) in [6.07, 6.45) is 0.224. The Balaban J connectivity index is 2.40. The summed E-state index contributed by atoms with van der Waals surface area (Å²) >= 11 is 0. The minimum Gasteiger partial charge on any atom is -0.469 e. The zero-order valence-corrected chi connectivity index (χ0v) is 10.4. The molecule has 0 aliphatic rings. The second-order valence-corrected chi connectivity index (χ2v) is 3.78. The van der Waals surface area contributed by atoms with Crippen LogP contribution in [-0.2, 0) is 20.7 Å². The summed E-state index contributed by atoms with van der Waals surface area (Å²) in [5, 5.41) is 13.0. The largest absolute Gasteiger partial charge is 0.469 e. The van der Waals surface area contributed by atoms with Gasteiger partial charge in [0.2, 0.25) is 5.91 Å². The monoisotopic (exact) mass is 266 g/mol. The van der Waals surface area contributed by atoms with E-state index in [2.05, 4.69) is 10.1 Å². The van der Waals surface area contributed by atoms with E-state index in [-0.39, 0.29) is 31.0 Å². The van der Waals surface area contributed by atoms with E-state index in [1.54, 1.807) is 0 Å². The van der Waals surface area contributed by atoms with Gasteiger partial charge in [-0.25, -0.2) is 0 Å². The molecule has 7 nitrogen and oxygen atoms in total. The number of esters is 1. The maximum atomic E-state index is 11.5. The fraction of sp³-hybridized carbons (Fsp3) is 0.333. The summed E-state index contributed by atoms with van der Waals surface area (Å²) in [5.41, 5.74) is 0.649. The molecule has 1 N–H and O–H groups in total. The van der Waals surface area contributed by atoms with Crippen molar-refractivity contribution in [2.75, 3.05) is 13.7 Å². The second-order valence-electron chi connectivity index (χ2n) is 3.78. The highest BCUT2D eigenvalue weighted by molar-refractivity contribution is 5.79. The average Bonchev–Trinajstić information content (AvgIpc) is 2.39. The van der Waals surface area contributed by atoms with E-state index >= 15 is 0 Å². The molecule has 19 heavy (non-hydrogen) atoms. The van der Waals surface area contributed by atoms with E-state index in [0.29, 0.717) is 5.56 Å². The Morgan fingerprint density at radius 3 is 2.47 bits per heavy atom. The van der Waals surface area contributed by atoms with Crippen LogP contribution in [0.4, 0.5) is 5.69 Å². The number of nitrogens with zero attached hydrogens (tertiary/aromatic N) is 1. The number of nitrogens with one attached hydrogen (secondary N) is 1. The fourth-order valence-electron chi connectivity index (χ4n) is 1.39. The molecule has 0 heterocycles. The zero-order valence-electron chi connectivity index (χ0n) is 10.4. The number of hydrogen-bond donors (Lipinski definition) is 1. The van der Waals surface area contributed by atoms with Gasteiger partial charge in [-0.2, -0.15) is 0 Å². The number of methoxy groups -OCH3 is 1. The van der Waals surface area contributed by atoms with Gasteiger partial charge in [-0.3, -0.25) is 19.7 Å². The second kappa shape index (κ2) is 7.10. The number of nitro benzene ring substituents is 1. The first-order chi connectivity index (χ1) is 9.02. The van der Waals surface area contributed by atoms with Crippen LogP contribution in [0.1, 0.15) is 12.0 Å². The van der Waals surface area contributed by atoms with Gasteiger partial charge in [0.1, 0.15) is 0 Å². The number of carbonyl (C=O) groups excluding carboxylic acids is 2. The summed E-state index contributed by atoms with van der Waals surface area (Å²) in [6, 6.07) is 5.74. The third-order valence-electron chi connectivity index (χ3n) is 2.39. The first-order valence-corrected chi connectivity index (χ1v) is 5.59. The lowest BCUT2D eigenvalue weighted by atomic mass is 10.1. The Labute approximate surface area is 109 Å². The predicted molar refractivity (Wildman–Crippen MR) is 66.4 cm³/mol. The predicted octanol–water partition coefficient (Wildman–Crippen LogP) is 0.817. The van der Waals surface area contributed by atoms with Crippen LogP contribution >= 0.6 is 0 Å². The van der Waals surface area contributed by atoms with Crippen molar-refractivity contribution >= 4 is 17.6 Å². The maximum Gasteiger partial charge on any atom is 0.307 e. The van der Waals surface area contributed by atoms with E-state index in [9.17, 15) is 19.7 Å². The molecule has 0 spiro atoms. The average molecular weight is 266 g/mol. The molecule has 7 heteroatoms. The highest BCUT2D eigenvalue weighted by Gasteiger charge is 2.07. The molecule has 1 amide bonds. The van der Waals surface area contributed by atoms with Crippen molar-refractivity contribution in [3.63, 3.8) is 0 Å². The van der Waals surface area contributed by atoms with Crippen LogP contribution in [0.15, 0.2) is 24.3 Å². The van der Waals surface area contributed by atoms with Gasteiger partial charge in [-0.05, 0) is 5.56 Å². The number of rotatable bonds is 6. The van der Waals surface area contributed by atoms with Crippen LogP contribution in [0.5, 0.6) is 0 Å². The maximum absolute atomic E-state index is 11.5. The van der Waals surface area contributed by atoms with Gasteiger partial charge >= 0.3 is 5.97 Å². The molecule has 0 bridgehead atoms. The van der Waals surface area contributed by atoms with Crippen molar-refractivity contribution < 1.29 is 19.2 Å². The minimum atomic E-state index is -0.500. The molecule has 0 aliphatic heterocycles. The molecular formula is C12H14N2O5. The molecular weight excluding hydrogens is 252 g/mol. The molecule has 0 aromatic heterocycles. The molecule has 1 rings (SSSR count). The Hall–Kier alpha value is -2.44. The van der Waals surface area contributed by atoms with Crippen LogP contribution in [0, 0.1) is 10.1 Å². The van der Waals surface area contributed by atoms with E-state index in [1.807, 2.05) is 0 Å². The van der Waals surface area contributed by atoms with Gasteiger partial charge in [0, 0.05) is 18.7 Å². The highest BCUT2D eigenvalue weighted by Crippen LogP contribution is 2.12. The Kier molecular flexibility index (Phi) is 5.46. The minimum absolute atomic E-state index is 0.0187. The van der Waals surface area contributed by atoms with Crippen molar-refractivity contribution in [1.82, 2.24) is 5.32 Å². The summed E-state index contributed by atoms with van der Waals surface area (Å²) in [7, 11) is 1.28. The molecule has 0 saturated carbocycles. The van der Waals surface area contributed by atoms with E-state index in [4.69, 9.17) is 0 Å². The number of benzene rings is 1. The highest BCUT2D eigenvalue weighted by atomic mass is 16.6. The van der Waals surface area contributed by atoms with Crippen LogP contribution < -0.4 is 5.32 Å². The van der Waals surface area contributed by atoms with Crippen molar-refractivity contribution in [3.05, 3.63) is 39.9 Å². The smallest absolute Gasteiger partial charge is 0.307 e. The molecule has 0 fully saturated rings. The standard InChI is InChI=1S/C12H14N2O5/c1-19-12(16)6-7-13-11(15)8-9-2-4-10(5-3-9)14(17)18/h2-5H,6-8H2,1H3,(H,13,15).